The van der Waals surface area contributed by atoms with Crippen molar-refractivity contribution in [2.45, 2.75) is 64.9 Å². The van der Waals surface area contributed by atoms with Gasteiger partial charge in [-0.3, -0.25) is 9.59 Å². The molecule has 0 amide bonds. The summed E-state index contributed by atoms with van der Waals surface area (Å²) in [6.45, 7) is 5.38. The molecule has 4 nitrogen and oxygen atoms in total. The molecule has 0 heterocycles. The Kier molecular flexibility index (Phi) is 5.17. The van der Waals surface area contributed by atoms with Gasteiger partial charge in [0, 0.05) is 0 Å². The standard InChI is InChI=1S/C14H24O4/c1-14(2,3)18-12(15)9-11(13(16)17)10-7-5-4-6-8-10/h10-11H,4-9H2,1-3H3,(H,16,17)/t11-/m0/s1. The minimum absolute atomic E-state index is 0.00271. The van der Waals surface area contributed by atoms with Gasteiger partial charge in [-0.15, -0.1) is 0 Å². The smallest absolute Gasteiger partial charge is 0.307 e. The molecule has 1 atom stereocenters. The third kappa shape index (κ3) is 5.07. The van der Waals surface area contributed by atoms with E-state index in [0.29, 0.717) is 0 Å². The van der Waals surface area contributed by atoms with Crippen molar-refractivity contribution in [2.24, 2.45) is 11.8 Å². The molecule has 0 aromatic carbocycles. The van der Waals surface area contributed by atoms with Crippen molar-refractivity contribution in [3.8, 4) is 0 Å². The number of rotatable bonds is 4. The minimum atomic E-state index is -0.868. The van der Waals surface area contributed by atoms with Crippen molar-refractivity contribution in [1.29, 1.82) is 0 Å². The molecule has 0 radical (unpaired) electrons. The van der Waals surface area contributed by atoms with Crippen LogP contribution in [-0.2, 0) is 14.3 Å². The second-order valence-electron chi connectivity index (χ2n) is 6.13. The van der Waals surface area contributed by atoms with E-state index in [1.54, 1.807) is 20.8 Å². The van der Waals surface area contributed by atoms with E-state index in [1.165, 1.54) is 6.42 Å². The van der Waals surface area contributed by atoms with E-state index < -0.39 is 23.5 Å². The molecule has 0 aliphatic heterocycles. The zero-order valence-electron chi connectivity index (χ0n) is 11.6. The van der Waals surface area contributed by atoms with Crippen molar-refractivity contribution in [3.63, 3.8) is 0 Å². The lowest BCUT2D eigenvalue weighted by Crippen LogP contribution is -2.31. The van der Waals surface area contributed by atoms with E-state index in [4.69, 9.17) is 4.74 Å². The van der Waals surface area contributed by atoms with Crippen LogP contribution in [0.2, 0.25) is 0 Å². The number of carboxylic acids is 1. The van der Waals surface area contributed by atoms with Crippen LogP contribution in [-0.4, -0.2) is 22.6 Å². The number of hydrogen-bond acceptors (Lipinski definition) is 3. The molecule has 0 aromatic heterocycles. The molecule has 18 heavy (non-hydrogen) atoms. The second-order valence-corrected chi connectivity index (χ2v) is 6.13. The second kappa shape index (κ2) is 6.21. The molecule has 0 saturated heterocycles. The van der Waals surface area contributed by atoms with Gasteiger partial charge in [-0.2, -0.15) is 0 Å². The molecule has 1 aliphatic carbocycles. The van der Waals surface area contributed by atoms with Gasteiger partial charge in [-0.05, 0) is 39.5 Å². The monoisotopic (exact) mass is 256 g/mol. The molecular formula is C14H24O4. The summed E-state index contributed by atoms with van der Waals surface area (Å²) < 4.78 is 5.21. The van der Waals surface area contributed by atoms with Gasteiger partial charge >= 0.3 is 11.9 Å². The van der Waals surface area contributed by atoms with Crippen LogP contribution in [0.4, 0.5) is 0 Å². The van der Waals surface area contributed by atoms with E-state index in [2.05, 4.69) is 0 Å². The van der Waals surface area contributed by atoms with Crippen molar-refractivity contribution < 1.29 is 19.4 Å². The average Bonchev–Trinajstić information content (AvgIpc) is 2.24. The summed E-state index contributed by atoms with van der Waals surface area (Å²) in [5, 5.41) is 9.26. The number of ether oxygens (including phenoxy) is 1. The zero-order valence-corrected chi connectivity index (χ0v) is 11.6. The number of carbonyl (C=O) groups is 2. The van der Waals surface area contributed by atoms with Gasteiger partial charge in [-0.1, -0.05) is 19.3 Å². The van der Waals surface area contributed by atoms with E-state index in [9.17, 15) is 14.7 Å². The predicted octanol–water partition coefficient (Wildman–Crippen LogP) is 3.00. The first kappa shape index (κ1) is 15.0. The topological polar surface area (TPSA) is 63.6 Å². The molecule has 104 valence electrons. The first-order valence-electron chi connectivity index (χ1n) is 6.74. The Balaban J connectivity index is 2.57. The van der Waals surface area contributed by atoms with Crippen LogP contribution in [0.5, 0.6) is 0 Å². The Bertz CT molecular complexity index is 297. The molecule has 0 aromatic rings. The predicted molar refractivity (Wildman–Crippen MR) is 68.2 cm³/mol. The normalized spacial score (nSPS) is 19.3. The van der Waals surface area contributed by atoms with E-state index in [-0.39, 0.29) is 12.3 Å². The number of aliphatic carboxylic acids is 1. The molecule has 1 aliphatic rings. The van der Waals surface area contributed by atoms with Crippen LogP contribution in [0.1, 0.15) is 59.3 Å². The highest BCUT2D eigenvalue weighted by atomic mass is 16.6. The van der Waals surface area contributed by atoms with Crippen LogP contribution in [0.25, 0.3) is 0 Å². The first-order valence-corrected chi connectivity index (χ1v) is 6.74. The Morgan fingerprint density at radius 1 is 1.22 bits per heavy atom. The lowest BCUT2D eigenvalue weighted by Gasteiger charge is -2.28. The molecule has 1 N–H and O–H groups in total. The third-order valence-electron chi connectivity index (χ3n) is 3.34. The number of esters is 1. The van der Waals surface area contributed by atoms with Crippen LogP contribution in [0.3, 0.4) is 0 Å². The fourth-order valence-corrected chi connectivity index (χ4v) is 2.55. The summed E-state index contributed by atoms with van der Waals surface area (Å²) in [5.74, 6) is -1.72. The number of hydrogen-bond donors (Lipinski definition) is 1. The Labute approximate surface area is 109 Å². The summed E-state index contributed by atoms with van der Waals surface area (Å²) >= 11 is 0. The summed E-state index contributed by atoms with van der Waals surface area (Å²) in [4.78, 5) is 23.0. The fraction of sp³-hybridized carbons (Fsp3) is 0.857. The van der Waals surface area contributed by atoms with E-state index >= 15 is 0 Å². The zero-order chi connectivity index (χ0) is 13.8. The molecule has 4 heteroatoms. The third-order valence-corrected chi connectivity index (χ3v) is 3.34. The molecule has 1 saturated carbocycles. The molecular weight excluding hydrogens is 232 g/mol. The highest BCUT2D eigenvalue weighted by molar-refractivity contribution is 5.79. The molecule has 1 fully saturated rings. The highest BCUT2D eigenvalue weighted by Gasteiger charge is 2.32. The number of carboxylic acid groups (broad SMARTS) is 1. The molecule has 0 spiro atoms. The lowest BCUT2D eigenvalue weighted by molar-refractivity contribution is -0.161. The lowest BCUT2D eigenvalue weighted by atomic mass is 9.78. The van der Waals surface area contributed by atoms with E-state index in [0.717, 1.165) is 25.7 Å². The first-order chi connectivity index (χ1) is 8.29. The maximum Gasteiger partial charge on any atom is 0.307 e. The quantitative estimate of drug-likeness (QED) is 0.785. The number of carbonyl (C=O) groups excluding carboxylic acids is 1. The Hall–Kier alpha value is -1.06. The van der Waals surface area contributed by atoms with Gasteiger partial charge in [0.2, 0.25) is 0 Å². The average molecular weight is 256 g/mol. The Morgan fingerprint density at radius 2 is 1.78 bits per heavy atom. The van der Waals surface area contributed by atoms with Crippen LogP contribution >= 0.6 is 0 Å². The SMILES string of the molecule is CC(C)(C)OC(=O)C[C@H](C(=O)O)C1CCCCC1. The van der Waals surface area contributed by atoms with E-state index in [1.807, 2.05) is 0 Å². The maximum atomic E-state index is 11.7. The van der Waals surface area contributed by atoms with Gasteiger partial charge in [0.05, 0.1) is 12.3 Å². The Morgan fingerprint density at radius 3 is 2.22 bits per heavy atom. The van der Waals surface area contributed by atoms with Crippen molar-refractivity contribution in [1.82, 2.24) is 0 Å². The summed E-state index contributed by atoms with van der Waals surface area (Å²) in [6, 6.07) is 0. The van der Waals surface area contributed by atoms with Crippen molar-refractivity contribution >= 4 is 11.9 Å². The van der Waals surface area contributed by atoms with Crippen LogP contribution in [0, 0.1) is 11.8 Å². The largest absolute Gasteiger partial charge is 0.481 e. The van der Waals surface area contributed by atoms with Gasteiger partial charge in [0.15, 0.2) is 0 Å². The van der Waals surface area contributed by atoms with Crippen molar-refractivity contribution in [3.05, 3.63) is 0 Å². The maximum absolute atomic E-state index is 11.7. The highest BCUT2D eigenvalue weighted by Crippen LogP contribution is 2.32. The summed E-state index contributed by atoms with van der Waals surface area (Å²) in [7, 11) is 0. The van der Waals surface area contributed by atoms with Crippen LogP contribution < -0.4 is 0 Å². The fourth-order valence-electron chi connectivity index (χ4n) is 2.55. The molecule has 0 unspecified atom stereocenters. The minimum Gasteiger partial charge on any atom is -0.481 e. The van der Waals surface area contributed by atoms with Gasteiger partial charge in [0.25, 0.3) is 0 Å². The van der Waals surface area contributed by atoms with Gasteiger partial charge < -0.3 is 9.84 Å². The van der Waals surface area contributed by atoms with Crippen LogP contribution in [0.15, 0.2) is 0 Å². The molecule has 1 rings (SSSR count). The summed E-state index contributed by atoms with van der Waals surface area (Å²) in [6.07, 6.45) is 5.15. The summed E-state index contributed by atoms with van der Waals surface area (Å²) in [5.41, 5.74) is -0.549. The molecule has 0 bridgehead atoms. The van der Waals surface area contributed by atoms with Gasteiger partial charge in [0.1, 0.15) is 5.60 Å². The van der Waals surface area contributed by atoms with Gasteiger partial charge in [-0.25, -0.2) is 0 Å². The van der Waals surface area contributed by atoms with Crippen molar-refractivity contribution in [2.75, 3.05) is 0 Å².